The van der Waals surface area contributed by atoms with E-state index in [4.69, 9.17) is 0 Å². The maximum absolute atomic E-state index is 3.37. The third kappa shape index (κ3) is 1.33. The summed E-state index contributed by atoms with van der Waals surface area (Å²) in [6, 6.07) is 6.60. The van der Waals surface area contributed by atoms with Crippen molar-refractivity contribution in [2.75, 3.05) is 0 Å². The number of H-pyrrole nitrogens is 2. The van der Waals surface area contributed by atoms with Crippen molar-refractivity contribution in [2.45, 2.75) is 26.2 Å². The standard InChI is InChI=1S/C14H16N2/c1-2-3-4-10-9-13-11(5-7-15-13)12-6-8-16-14(10)12/h5-9,15-16H,2-4H2,1H3. The van der Waals surface area contributed by atoms with E-state index in [1.807, 2.05) is 12.4 Å². The smallest absolute Gasteiger partial charge is 0.0494 e. The van der Waals surface area contributed by atoms with E-state index in [0.29, 0.717) is 0 Å². The second kappa shape index (κ2) is 3.71. The number of rotatable bonds is 3. The van der Waals surface area contributed by atoms with Crippen molar-refractivity contribution in [1.29, 1.82) is 0 Å². The highest BCUT2D eigenvalue weighted by Crippen LogP contribution is 2.28. The highest BCUT2D eigenvalue weighted by atomic mass is 14.7. The van der Waals surface area contributed by atoms with Crippen molar-refractivity contribution >= 4 is 21.8 Å². The summed E-state index contributed by atoms with van der Waals surface area (Å²) in [5.74, 6) is 0. The molecule has 0 spiro atoms. The predicted molar refractivity (Wildman–Crippen MR) is 68.8 cm³/mol. The Labute approximate surface area is 94.7 Å². The first-order valence-electron chi connectivity index (χ1n) is 5.96. The molecule has 1 aromatic carbocycles. The van der Waals surface area contributed by atoms with Gasteiger partial charge < -0.3 is 9.97 Å². The van der Waals surface area contributed by atoms with E-state index in [9.17, 15) is 0 Å². The molecule has 2 heterocycles. The second-order valence-electron chi connectivity index (χ2n) is 4.34. The monoisotopic (exact) mass is 212 g/mol. The van der Waals surface area contributed by atoms with Crippen molar-refractivity contribution in [3.63, 3.8) is 0 Å². The molecular weight excluding hydrogens is 196 g/mol. The lowest BCUT2D eigenvalue weighted by molar-refractivity contribution is 0.798. The van der Waals surface area contributed by atoms with Gasteiger partial charge in [-0.1, -0.05) is 13.3 Å². The molecule has 0 aliphatic rings. The van der Waals surface area contributed by atoms with Crippen LogP contribution in [-0.2, 0) is 6.42 Å². The fourth-order valence-corrected chi connectivity index (χ4v) is 2.41. The fourth-order valence-electron chi connectivity index (χ4n) is 2.41. The molecule has 2 N–H and O–H groups in total. The van der Waals surface area contributed by atoms with Gasteiger partial charge in [0.15, 0.2) is 0 Å². The Morgan fingerprint density at radius 3 is 2.75 bits per heavy atom. The fraction of sp³-hybridized carbons (Fsp3) is 0.286. The summed E-state index contributed by atoms with van der Waals surface area (Å²) in [6.45, 7) is 2.24. The van der Waals surface area contributed by atoms with Crippen LogP contribution in [0, 0.1) is 0 Å². The van der Waals surface area contributed by atoms with Gasteiger partial charge in [0.05, 0.1) is 0 Å². The summed E-state index contributed by atoms with van der Waals surface area (Å²) in [4.78, 5) is 6.67. The lowest BCUT2D eigenvalue weighted by atomic mass is 10.0. The zero-order chi connectivity index (χ0) is 11.0. The van der Waals surface area contributed by atoms with E-state index < -0.39 is 0 Å². The topological polar surface area (TPSA) is 31.6 Å². The number of hydrogen-bond acceptors (Lipinski definition) is 0. The molecule has 0 saturated carbocycles. The molecule has 0 unspecified atom stereocenters. The number of unbranched alkanes of at least 4 members (excludes halogenated alkanes) is 1. The molecule has 0 aliphatic heterocycles. The Bertz CT molecular complexity index is 616. The normalized spacial score (nSPS) is 11.6. The average molecular weight is 212 g/mol. The Hall–Kier alpha value is -1.70. The van der Waals surface area contributed by atoms with Crippen molar-refractivity contribution in [2.24, 2.45) is 0 Å². The molecule has 82 valence electrons. The summed E-state index contributed by atoms with van der Waals surface area (Å²) in [5, 5.41) is 2.65. The summed E-state index contributed by atoms with van der Waals surface area (Å²) in [6.07, 6.45) is 7.70. The van der Waals surface area contributed by atoms with Gasteiger partial charge in [-0.15, -0.1) is 0 Å². The summed E-state index contributed by atoms with van der Waals surface area (Å²) >= 11 is 0. The number of hydrogen-bond donors (Lipinski definition) is 2. The van der Waals surface area contributed by atoms with Gasteiger partial charge in [-0.2, -0.15) is 0 Å². The molecular formula is C14H16N2. The van der Waals surface area contributed by atoms with Gasteiger partial charge >= 0.3 is 0 Å². The molecule has 3 aromatic rings. The van der Waals surface area contributed by atoms with Gasteiger partial charge in [0.2, 0.25) is 0 Å². The molecule has 0 radical (unpaired) electrons. The molecule has 0 saturated heterocycles. The van der Waals surface area contributed by atoms with Gasteiger partial charge in [-0.25, -0.2) is 0 Å². The van der Waals surface area contributed by atoms with Crippen LogP contribution < -0.4 is 0 Å². The molecule has 0 amide bonds. The van der Waals surface area contributed by atoms with Crippen LogP contribution in [0.4, 0.5) is 0 Å². The highest BCUT2D eigenvalue weighted by Gasteiger charge is 2.07. The molecule has 2 aromatic heterocycles. The van der Waals surface area contributed by atoms with E-state index >= 15 is 0 Å². The van der Waals surface area contributed by atoms with Crippen LogP contribution in [0.3, 0.4) is 0 Å². The molecule has 16 heavy (non-hydrogen) atoms. The summed E-state index contributed by atoms with van der Waals surface area (Å²) < 4.78 is 0. The maximum atomic E-state index is 3.37. The minimum absolute atomic E-state index is 1.16. The number of fused-ring (bicyclic) bond motifs is 3. The minimum Gasteiger partial charge on any atom is -0.361 e. The van der Waals surface area contributed by atoms with Gasteiger partial charge in [-0.05, 0) is 36.6 Å². The van der Waals surface area contributed by atoms with Crippen LogP contribution in [0.15, 0.2) is 30.6 Å². The minimum atomic E-state index is 1.16. The summed E-state index contributed by atoms with van der Waals surface area (Å²) in [7, 11) is 0. The average Bonchev–Trinajstić information content (AvgIpc) is 2.92. The predicted octanol–water partition coefficient (Wildman–Crippen LogP) is 3.99. The van der Waals surface area contributed by atoms with Crippen LogP contribution in [0.25, 0.3) is 21.8 Å². The third-order valence-electron chi connectivity index (χ3n) is 3.26. The highest BCUT2D eigenvalue weighted by molar-refractivity contribution is 6.06. The van der Waals surface area contributed by atoms with Gasteiger partial charge in [0.25, 0.3) is 0 Å². The molecule has 3 rings (SSSR count). The molecule has 2 nitrogen and oxygen atoms in total. The van der Waals surface area contributed by atoms with Crippen LogP contribution in [0.1, 0.15) is 25.3 Å². The van der Waals surface area contributed by atoms with Crippen LogP contribution >= 0.6 is 0 Å². The van der Waals surface area contributed by atoms with Crippen LogP contribution in [-0.4, -0.2) is 9.97 Å². The first-order chi connectivity index (χ1) is 7.90. The lowest BCUT2D eigenvalue weighted by Crippen LogP contribution is -1.87. The van der Waals surface area contributed by atoms with Gasteiger partial charge in [0.1, 0.15) is 0 Å². The zero-order valence-corrected chi connectivity index (χ0v) is 9.51. The van der Waals surface area contributed by atoms with Crippen molar-refractivity contribution < 1.29 is 0 Å². The molecule has 0 bridgehead atoms. The largest absolute Gasteiger partial charge is 0.361 e. The Morgan fingerprint density at radius 1 is 1.06 bits per heavy atom. The zero-order valence-electron chi connectivity index (χ0n) is 9.51. The van der Waals surface area contributed by atoms with Crippen LogP contribution in [0.5, 0.6) is 0 Å². The van der Waals surface area contributed by atoms with Gasteiger partial charge in [-0.3, -0.25) is 0 Å². The van der Waals surface area contributed by atoms with E-state index in [1.165, 1.54) is 40.2 Å². The maximum Gasteiger partial charge on any atom is 0.0494 e. The summed E-state index contributed by atoms with van der Waals surface area (Å²) in [5.41, 5.74) is 3.98. The Balaban J connectivity index is 2.26. The van der Waals surface area contributed by atoms with Crippen molar-refractivity contribution in [3.05, 3.63) is 36.2 Å². The van der Waals surface area contributed by atoms with Crippen molar-refractivity contribution in [3.8, 4) is 0 Å². The van der Waals surface area contributed by atoms with E-state index in [2.05, 4.69) is 35.1 Å². The Morgan fingerprint density at radius 2 is 1.88 bits per heavy atom. The molecule has 0 atom stereocenters. The Kier molecular flexibility index (Phi) is 2.21. The first-order valence-corrected chi connectivity index (χ1v) is 5.96. The third-order valence-corrected chi connectivity index (χ3v) is 3.26. The number of aryl methyl sites for hydroxylation is 1. The number of aromatic nitrogens is 2. The second-order valence-corrected chi connectivity index (χ2v) is 4.34. The van der Waals surface area contributed by atoms with Crippen LogP contribution in [0.2, 0.25) is 0 Å². The van der Waals surface area contributed by atoms with Gasteiger partial charge in [0, 0.05) is 34.2 Å². The number of benzene rings is 1. The molecule has 0 aliphatic carbocycles. The van der Waals surface area contributed by atoms with Crippen molar-refractivity contribution in [1.82, 2.24) is 9.97 Å². The number of nitrogens with one attached hydrogen (secondary N) is 2. The molecule has 0 fully saturated rings. The number of aromatic amines is 2. The SMILES string of the molecule is CCCCc1cc2[nH]ccc2c2cc[nH]c12. The van der Waals surface area contributed by atoms with E-state index in [-0.39, 0.29) is 0 Å². The quantitative estimate of drug-likeness (QED) is 0.658. The lowest BCUT2D eigenvalue weighted by Gasteiger charge is -2.04. The van der Waals surface area contributed by atoms with E-state index in [0.717, 1.165) is 6.42 Å². The molecule has 2 heteroatoms. The first kappa shape index (κ1) is 9.52. The van der Waals surface area contributed by atoms with E-state index in [1.54, 1.807) is 0 Å².